The Kier molecular flexibility index (Phi) is 29.3. The van der Waals surface area contributed by atoms with Crippen LogP contribution in [-0.2, 0) is 76.3 Å². The molecular formula is C79H105N5O22. The molecule has 2 atom stereocenters. The molecule has 0 aromatic heterocycles. The predicted molar refractivity (Wildman–Crippen MR) is 392 cm³/mol. The summed E-state index contributed by atoms with van der Waals surface area (Å²) in [7, 11) is 0. The van der Waals surface area contributed by atoms with Gasteiger partial charge in [0.25, 0.3) is 11.8 Å². The van der Waals surface area contributed by atoms with E-state index in [-0.39, 0.29) is 104 Å². The minimum absolute atomic E-state index is 0.00630. The molecule has 2 heterocycles. The summed E-state index contributed by atoms with van der Waals surface area (Å²) in [6.45, 7) is 31.9. The zero-order valence-corrected chi connectivity index (χ0v) is 65.0. The second kappa shape index (κ2) is 36.5. The molecule has 0 bridgehead atoms. The maximum absolute atomic E-state index is 15.4. The molecule has 0 saturated heterocycles. The molecule has 1 N–H and O–H groups in total. The number of carbonyl (C=O) groups excluding carboxylic acids is 10. The first-order chi connectivity index (χ1) is 49.2. The Balaban J connectivity index is 1.26. The quantitative estimate of drug-likeness (QED) is 0.0191. The van der Waals surface area contributed by atoms with Crippen molar-refractivity contribution in [3.63, 3.8) is 0 Å². The van der Waals surface area contributed by atoms with Crippen molar-refractivity contribution in [1.29, 1.82) is 0 Å². The Labute approximate surface area is 621 Å². The number of amidine groups is 1. The summed E-state index contributed by atoms with van der Waals surface area (Å²) in [6.07, 6.45) is -1.10. The molecule has 27 heteroatoms. The van der Waals surface area contributed by atoms with E-state index >= 15 is 9.59 Å². The molecule has 578 valence electrons. The summed E-state index contributed by atoms with van der Waals surface area (Å²) in [5, 5.41) is 2.60. The third-order valence-corrected chi connectivity index (χ3v) is 14.8. The average molecular weight is 1480 g/mol. The summed E-state index contributed by atoms with van der Waals surface area (Å²) in [6, 6.07) is 15.5. The van der Waals surface area contributed by atoms with Crippen molar-refractivity contribution in [3.05, 3.63) is 112 Å². The Morgan fingerprint density at radius 3 is 1.34 bits per heavy atom. The molecule has 27 nitrogen and oxygen atoms in total. The van der Waals surface area contributed by atoms with E-state index in [1.807, 2.05) is 6.07 Å². The number of ether oxygens (including phenoxy) is 12. The van der Waals surface area contributed by atoms with Crippen LogP contribution in [0.25, 0.3) is 0 Å². The fraction of sp³-hybridized carbons (Fsp3) is 0.544. The molecule has 2 aliphatic heterocycles. The molecule has 106 heavy (non-hydrogen) atoms. The van der Waals surface area contributed by atoms with E-state index in [0.29, 0.717) is 54.6 Å². The van der Waals surface area contributed by atoms with Gasteiger partial charge in [-0.3, -0.25) is 24.5 Å². The van der Waals surface area contributed by atoms with Gasteiger partial charge in [-0.2, -0.15) is 4.99 Å². The Morgan fingerprint density at radius 1 is 0.500 bits per heavy atom. The molecule has 2 aliphatic rings. The number of aliphatic imine (C=N–C) groups is 2. The fourth-order valence-electron chi connectivity index (χ4n) is 10.9. The lowest BCUT2D eigenvalue weighted by molar-refractivity contribution is -0.168. The van der Waals surface area contributed by atoms with Crippen molar-refractivity contribution >= 4 is 77.1 Å². The van der Waals surface area contributed by atoms with Crippen LogP contribution in [0.4, 0.5) is 15.3 Å². The number of aryl methyl sites for hydroxylation is 2. The molecule has 0 radical (unpaired) electrons. The first-order valence-corrected chi connectivity index (χ1v) is 35.4. The standard InChI is InChI=1S/C79H105N5O22/c1-48(80-72(93)105-78(15,16)17)43-50-31-33-54-51(44-50)25-23-37-97-64-56(27-21-29-60(64)99-68(54)89)66(87)83(58(70(91)103-76(9,10)11)46-62(85)101-74(3,4)5)35-39-95-41-42-96-40-36-84(59(71(92)104-77(12,13)14)47-63(86)102-75(6,7)8)67(88)57-28-22-30-61-65(57)98-38-24-26-52-45-53(32-34-55(52)69(90)100-61)81-49(2)82-73(94)106-79(18,19)20/h21-22,27-34,44-45,58-59H,23-26,35-43,46-47H2,1-20H3,(H,81,82,94)/t58-,59-/m0/s1. The second-order valence-electron chi connectivity index (χ2n) is 31.5. The van der Waals surface area contributed by atoms with Gasteiger partial charge in [-0.05, 0) is 229 Å². The number of para-hydroxylation sites is 2. The molecule has 6 rings (SSSR count). The molecule has 0 spiro atoms. The van der Waals surface area contributed by atoms with Crippen LogP contribution in [-0.4, -0.2) is 180 Å². The van der Waals surface area contributed by atoms with Crippen molar-refractivity contribution in [2.75, 3.05) is 52.7 Å². The lowest BCUT2D eigenvalue weighted by Crippen LogP contribution is -2.50. The number of benzene rings is 4. The molecular weight excluding hydrogens is 1370 g/mol. The summed E-state index contributed by atoms with van der Waals surface area (Å²) < 4.78 is 70.6. The minimum atomic E-state index is -1.62. The van der Waals surface area contributed by atoms with Crippen LogP contribution in [0.5, 0.6) is 23.0 Å². The number of amides is 4. The van der Waals surface area contributed by atoms with E-state index in [1.54, 1.807) is 169 Å². The number of esters is 6. The lowest BCUT2D eigenvalue weighted by atomic mass is 9.97. The molecule has 0 fully saturated rings. The van der Waals surface area contributed by atoms with Crippen molar-refractivity contribution in [2.45, 2.75) is 229 Å². The summed E-state index contributed by atoms with van der Waals surface area (Å²) >= 11 is 0. The van der Waals surface area contributed by atoms with Crippen LogP contribution < -0.4 is 24.3 Å². The molecule has 4 amide bonds. The topological polar surface area (TPSA) is 325 Å². The highest BCUT2D eigenvalue weighted by atomic mass is 16.6. The largest absolute Gasteiger partial charge is 0.489 e. The van der Waals surface area contributed by atoms with Crippen molar-refractivity contribution in [2.24, 2.45) is 9.98 Å². The predicted octanol–water partition coefficient (Wildman–Crippen LogP) is 12.8. The van der Waals surface area contributed by atoms with Gasteiger partial charge in [0, 0.05) is 25.2 Å². The highest BCUT2D eigenvalue weighted by molar-refractivity contribution is 6.03. The summed E-state index contributed by atoms with van der Waals surface area (Å²) in [5.74, 6) is -6.97. The van der Waals surface area contributed by atoms with Crippen molar-refractivity contribution in [1.82, 2.24) is 15.1 Å². The van der Waals surface area contributed by atoms with Crippen LogP contribution in [0.1, 0.15) is 222 Å². The average Bonchev–Trinajstić information content (AvgIpc) is 0.797. The van der Waals surface area contributed by atoms with Crippen molar-refractivity contribution < 1.29 is 105 Å². The lowest BCUT2D eigenvalue weighted by Gasteiger charge is -2.33. The number of alkyl carbamates (subject to hydrolysis) is 1. The number of rotatable bonds is 22. The van der Waals surface area contributed by atoms with E-state index < -0.39 is 118 Å². The maximum atomic E-state index is 15.4. The zero-order chi connectivity index (χ0) is 78.9. The highest BCUT2D eigenvalue weighted by Crippen LogP contribution is 2.38. The van der Waals surface area contributed by atoms with E-state index in [4.69, 9.17) is 56.8 Å². The molecule has 4 aromatic rings. The van der Waals surface area contributed by atoms with Gasteiger partial charge in [-0.25, -0.2) is 33.8 Å². The van der Waals surface area contributed by atoms with Gasteiger partial charge in [-0.1, -0.05) is 24.3 Å². The van der Waals surface area contributed by atoms with Crippen LogP contribution in [0, 0.1) is 0 Å². The number of carbonyl (C=O) groups is 10. The molecule has 0 unspecified atom stereocenters. The van der Waals surface area contributed by atoms with E-state index in [1.165, 1.54) is 36.4 Å². The number of hydrogen-bond acceptors (Lipinski definition) is 23. The van der Waals surface area contributed by atoms with Gasteiger partial charge in [0.05, 0.1) is 80.4 Å². The maximum Gasteiger partial charge on any atom is 0.434 e. The van der Waals surface area contributed by atoms with Gasteiger partial charge in [0.1, 0.15) is 51.5 Å². The van der Waals surface area contributed by atoms with Gasteiger partial charge in [0.2, 0.25) is 0 Å². The van der Waals surface area contributed by atoms with Crippen molar-refractivity contribution in [3.8, 4) is 23.0 Å². The summed E-state index contributed by atoms with van der Waals surface area (Å²) in [5.41, 5.74) is -2.55. The van der Waals surface area contributed by atoms with Crippen LogP contribution in [0.3, 0.4) is 0 Å². The van der Waals surface area contributed by atoms with Crippen LogP contribution in [0.2, 0.25) is 0 Å². The molecule has 0 saturated carbocycles. The Bertz CT molecular complexity index is 3930. The zero-order valence-electron chi connectivity index (χ0n) is 65.0. The smallest absolute Gasteiger partial charge is 0.434 e. The third kappa shape index (κ3) is 27.9. The Morgan fingerprint density at radius 2 is 0.915 bits per heavy atom. The van der Waals surface area contributed by atoms with E-state index in [9.17, 15) is 38.4 Å². The van der Waals surface area contributed by atoms with Gasteiger partial charge < -0.3 is 66.6 Å². The number of fused-ring (bicyclic) bond motifs is 4. The third-order valence-electron chi connectivity index (χ3n) is 14.8. The molecule has 0 aliphatic carbocycles. The fourth-order valence-corrected chi connectivity index (χ4v) is 10.9. The monoisotopic (exact) mass is 1480 g/mol. The SMILES string of the molecule is CC(Cc1ccc2c(c1)CCCOc1c(cccc1C(=O)N(CCOCCOCCN(C(=O)c1cccc3c1OCCCc1cc(N=C(C)NC(=O)OC(C)(C)C)ccc1C(=O)O3)[C@@H](CC(=O)OC(C)(C)C)C(=O)OC(C)(C)C)[C@@H](CC(=O)OC(C)(C)C)C(=O)OC(C)(C)C)OC2=O)=NC(=O)OC(C)(C)C. The normalized spacial score (nSPS) is 14.5. The number of nitrogens with one attached hydrogen (secondary N) is 1. The highest BCUT2D eigenvalue weighted by Gasteiger charge is 2.41. The number of hydrogen-bond donors (Lipinski definition) is 1. The second-order valence-corrected chi connectivity index (χ2v) is 31.5. The first kappa shape index (κ1) is 85.2. The van der Waals surface area contributed by atoms with Crippen LogP contribution in [0.15, 0.2) is 82.8 Å². The molecule has 4 aromatic carbocycles. The van der Waals surface area contributed by atoms with Gasteiger partial charge in [-0.15, -0.1) is 0 Å². The van der Waals surface area contributed by atoms with E-state index in [2.05, 4.69) is 15.3 Å². The summed E-state index contributed by atoms with van der Waals surface area (Å²) in [4.78, 5) is 151. The first-order valence-electron chi connectivity index (χ1n) is 35.4. The van der Waals surface area contributed by atoms with Crippen LogP contribution >= 0.6 is 0 Å². The van der Waals surface area contributed by atoms with Gasteiger partial charge >= 0.3 is 48.0 Å². The Hall–Kier alpha value is -9.76. The minimum Gasteiger partial charge on any atom is -0.489 e. The number of nitrogens with zero attached hydrogens (tertiary/aromatic N) is 4. The van der Waals surface area contributed by atoms with E-state index in [0.717, 1.165) is 15.4 Å². The van der Waals surface area contributed by atoms with Gasteiger partial charge in [0.15, 0.2) is 23.0 Å².